The van der Waals surface area contributed by atoms with Crippen LogP contribution >= 0.6 is 0 Å². The Hall–Kier alpha value is -1.32. The van der Waals surface area contributed by atoms with Gasteiger partial charge in [-0.15, -0.1) is 0 Å². The van der Waals surface area contributed by atoms with Crippen molar-refractivity contribution in [3.8, 4) is 11.5 Å². The molecule has 0 aliphatic heterocycles. The van der Waals surface area contributed by atoms with E-state index in [2.05, 4.69) is 0 Å². The largest absolute Gasteiger partial charge is 0.493 e. The summed E-state index contributed by atoms with van der Waals surface area (Å²) in [5.74, 6) is 0.183. The van der Waals surface area contributed by atoms with Gasteiger partial charge >= 0.3 is 0 Å². The summed E-state index contributed by atoms with van der Waals surface area (Å²) in [4.78, 5) is 0. The number of halogens is 2. The van der Waals surface area contributed by atoms with Crippen molar-refractivity contribution in [3.05, 3.63) is 24.0 Å². The second kappa shape index (κ2) is 4.47. The summed E-state index contributed by atoms with van der Waals surface area (Å²) in [7, 11) is 1.40. The lowest BCUT2D eigenvalue weighted by Gasteiger charge is -2.16. The van der Waals surface area contributed by atoms with Gasteiger partial charge in [0.05, 0.1) is 7.11 Å². The SMILES string of the molecule is COc1cc(F)ccc1OCC(C)(C)F. The van der Waals surface area contributed by atoms with Crippen LogP contribution in [-0.4, -0.2) is 19.4 Å². The highest BCUT2D eigenvalue weighted by molar-refractivity contribution is 5.40. The zero-order valence-corrected chi connectivity index (χ0v) is 9.01. The van der Waals surface area contributed by atoms with Crippen molar-refractivity contribution in [1.82, 2.24) is 0 Å². The van der Waals surface area contributed by atoms with Crippen molar-refractivity contribution in [3.63, 3.8) is 0 Å². The second-order valence-electron chi connectivity index (χ2n) is 3.80. The molecule has 0 saturated heterocycles. The molecule has 2 nitrogen and oxygen atoms in total. The summed E-state index contributed by atoms with van der Waals surface area (Å²) in [6.45, 7) is 2.71. The molecule has 0 bridgehead atoms. The van der Waals surface area contributed by atoms with Crippen LogP contribution in [0.1, 0.15) is 13.8 Å². The summed E-state index contributed by atoms with van der Waals surface area (Å²) in [5, 5.41) is 0. The van der Waals surface area contributed by atoms with Crippen LogP contribution in [0, 0.1) is 5.82 Å². The Kier molecular flexibility index (Phi) is 3.50. The number of benzene rings is 1. The van der Waals surface area contributed by atoms with Crippen molar-refractivity contribution in [1.29, 1.82) is 0 Å². The van der Waals surface area contributed by atoms with E-state index in [9.17, 15) is 8.78 Å². The molecule has 4 heteroatoms. The van der Waals surface area contributed by atoms with E-state index in [0.29, 0.717) is 5.75 Å². The van der Waals surface area contributed by atoms with Crippen molar-refractivity contribution in [2.75, 3.05) is 13.7 Å². The van der Waals surface area contributed by atoms with Crippen LogP contribution in [0.5, 0.6) is 11.5 Å². The highest BCUT2D eigenvalue weighted by Gasteiger charge is 2.17. The standard InChI is InChI=1S/C11H14F2O2/c1-11(2,13)7-15-9-5-4-8(12)6-10(9)14-3/h4-6H,7H2,1-3H3. The molecule has 1 rings (SSSR count). The van der Waals surface area contributed by atoms with Crippen molar-refractivity contribution in [2.24, 2.45) is 0 Å². The lowest BCUT2D eigenvalue weighted by molar-refractivity contribution is 0.118. The van der Waals surface area contributed by atoms with Gasteiger partial charge in [0.2, 0.25) is 0 Å². The quantitative estimate of drug-likeness (QED) is 0.770. The number of rotatable bonds is 4. The summed E-state index contributed by atoms with van der Waals surface area (Å²) >= 11 is 0. The molecule has 0 unspecified atom stereocenters. The molecule has 0 N–H and O–H groups in total. The van der Waals surface area contributed by atoms with Gasteiger partial charge < -0.3 is 9.47 Å². The molecule has 0 radical (unpaired) electrons. The molecule has 0 amide bonds. The Labute approximate surface area is 87.8 Å². The van der Waals surface area contributed by atoms with Gasteiger partial charge in [0.1, 0.15) is 18.1 Å². The highest BCUT2D eigenvalue weighted by Crippen LogP contribution is 2.28. The predicted octanol–water partition coefficient (Wildman–Crippen LogP) is 2.96. The van der Waals surface area contributed by atoms with Crippen LogP contribution in [0.4, 0.5) is 8.78 Å². The van der Waals surface area contributed by atoms with Gasteiger partial charge in [0.25, 0.3) is 0 Å². The fourth-order valence-electron chi connectivity index (χ4n) is 1.01. The van der Waals surface area contributed by atoms with E-state index >= 15 is 0 Å². The van der Waals surface area contributed by atoms with Gasteiger partial charge in [-0.25, -0.2) is 8.78 Å². The van der Waals surface area contributed by atoms with E-state index in [1.54, 1.807) is 0 Å². The van der Waals surface area contributed by atoms with Crippen LogP contribution in [0.25, 0.3) is 0 Å². The third-order valence-corrected chi connectivity index (χ3v) is 1.70. The van der Waals surface area contributed by atoms with E-state index in [1.807, 2.05) is 0 Å². The van der Waals surface area contributed by atoms with Gasteiger partial charge in [-0.3, -0.25) is 0 Å². The summed E-state index contributed by atoms with van der Waals surface area (Å²) in [5.41, 5.74) is -1.43. The minimum atomic E-state index is -1.43. The molecule has 0 aromatic heterocycles. The second-order valence-corrected chi connectivity index (χ2v) is 3.80. The third kappa shape index (κ3) is 3.73. The molecule has 0 saturated carbocycles. The Morgan fingerprint density at radius 2 is 1.93 bits per heavy atom. The average Bonchev–Trinajstić information content (AvgIpc) is 2.14. The normalized spacial score (nSPS) is 11.3. The molecule has 1 aromatic rings. The van der Waals surface area contributed by atoms with Crippen molar-refractivity contribution < 1.29 is 18.3 Å². The summed E-state index contributed by atoms with van der Waals surface area (Å²) in [6, 6.07) is 3.85. The Balaban J connectivity index is 2.76. The molecule has 0 aliphatic carbocycles. The van der Waals surface area contributed by atoms with E-state index in [1.165, 1.54) is 39.2 Å². The van der Waals surface area contributed by atoms with Gasteiger partial charge in [0.15, 0.2) is 11.5 Å². The Morgan fingerprint density at radius 3 is 2.47 bits per heavy atom. The van der Waals surface area contributed by atoms with Gasteiger partial charge in [-0.1, -0.05) is 0 Å². The molecule has 1 aromatic carbocycles. The van der Waals surface area contributed by atoms with Crippen LogP contribution in [0.2, 0.25) is 0 Å². The lowest BCUT2D eigenvalue weighted by Crippen LogP contribution is -2.22. The fourth-order valence-corrected chi connectivity index (χ4v) is 1.01. The highest BCUT2D eigenvalue weighted by atomic mass is 19.1. The summed E-state index contributed by atoms with van der Waals surface area (Å²) in [6.07, 6.45) is 0. The monoisotopic (exact) mass is 216 g/mol. The first-order valence-electron chi connectivity index (χ1n) is 4.57. The minimum absolute atomic E-state index is 0.102. The van der Waals surface area contributed by atoms with E-state index in [4.69, 9.17) is 9.47 Å². The van der Waals surface area contributed by atoms with Gasteiger partial charge in [0, 0.05) is 6.07 Å². The third-order valence-electron chi connectivity index (χ3n) is 1.70. The van der Waals surface area contributed by atoms with E-state index in [-0.39, 0.29) is 12.4 Å². The molecular formula is C11H14F2O2. The lowest BCUT2D eigenvalue weighted by atomic mass is 10.2. The van der Waals surface area contributed by atoms with E-state index < -0.39 is 11.5 Å². The van der Waals surface area contributed by atoms with Crippen molar-refractivity contribution >= 4 is 0 Å². The van der Waals surface area contributed by atoms with Gasteiger partial charge in [-0.2, -0.15) is 0 Å². The van der Waals surface area contributed by atoms with Crippen LogP contribution < -0.4 is 9.47 Å². The smallest absolute Gasteiger partial charge is 0.163 e. The zero-order chi connectivity index (χ0) is 11.5. The number of hydrogen-bond donors (Lipinski definition) is 0. The molecule has 0 spiro atoms. The van der Waals surface area contributed by atoms with Crippen LogP contribution in [-0.2, 0) is 0 Å². The first-order valence-corrected chi connectivity index (χ1v) is 4.57. The number of hydrogen-bond acceptors (Lipinski definition) is 2. The zero-order valence-electron chi connectivity index (χ0n) is 9.01. The maximum Gasteiger partial charge on any atom is 0.163 e. The number of ether oxygens (including phenoxy) is 2. The molecule has 15 heavy (non-hydrogen) atoms. The first kappa shape index (κ1) is 11.8. The minimum Gasteiger partial charge on any atom is -0.493 e. The number of alkyl halides is 1. The first-order chi connectivity index (χ1) is 6.92. The Bertz CT molecular complexity index is 332. The van der Waals surface area contributed by atoms with E-state index in [0.717, 1.165) is 0 Å². The molecule has 0 fully saturated rings. The molecule has 0 heterocycles. The van der Waals surface area contributed by atoms with Crippen LogP contribution in [0.3, 0.4) is 0 Å². The summed E-state index contributed by atoms with van der Waals surface area (Å²) < 4.78 is 36.0. The topological polar surface area (TPSA) is 18.5 Å². The van der Waals surface area contributed by atoms with Gasteiger partial charge in [-0.05, 0) is 26.0 Å². The fraction of sp³-hybridized carbons (Fsp3) is 0.455. The number of methoxy groups -OCH3 is 1. The van der Waals surface area contributed by atoms with Crippen LogP contribution in [0.15, 0.2) is 18.2 Å². The average molecular weight is 216 g/mol. The van der Waals surface area contributed by atoms with Crippen molar-refractivity contribution in [2.45, 2.75) is 19.5 Å². The Morgan fingerprint density at radius 1 is 1.27 bits per heavy atom. The molecule has 0 atom stereocenters. The maximum atomic E-state index is 13.1. The molecule has 84 valence electrons. The molecule has 0 aliphatic rings. The predicted molar refractivity (Wildman–Crippen MR) is 53.6 cm³/mol. The molecular weight excluding hydrogens is 202 g/mol. The maximum absolute atomic E-state index is 13.1.